The molecule has 0 aliphatic carbocycles. The summed E-state index contributed by atoms with van der Waals surface area (Å²) >= 11 is 0. The number of amides is 1. The summed E-state index contributed by atoms with van der Waals surface area (Å²) in [5.41, 5.74) is 7.69. The Hall–Kier alpha value is -2.62. The SMILES string of the molecule is CCOc1ccc(NC(=O)C2CNNC2S(=O)(=O)N(C)c2ccc(C)cc2)cc1. The van der Waals surface area contributed by atoms with Gasteiger partial charge in [0.1, 0.15) is 5.75 Å². The van der Waals surface area contributed by atoms with Gasteiger partial charge in [-0.3, -0.25) is 14.5 Å². The second kappa shape index (κ2) is 8.81. The molecule has 1 amide bonds. The lowest BCUT2D eigenvalue weighted by Crippen LogP contribution is -2.48. The number of rotatable bonds is 7. The van der Waals surface area contributed by atoms with Crippen LogP contribution in [0.1, 0.15) is 12.5 Å². The highest BCUT2D eigenvalue weighted by molar-refractivity contribution is 7.93. The minimum Gasteiger partial charge on any atom is -0.494 e. The Bertz CT molecular complexity index is 945. The topological polar surface area (TPSA) is 99.8 Å². The van der Waals surface area contributed by atoms with Crippen molar-refractivity contribution in [2.24, 2.45) is 5.92 Å². The fourth-order valence-electron chi connectivity index (χ4n) is 3.10. The minimum absolute atomic E-state index is 0.203. The van der Waals surface area contributed by atoms with Crippen molar-refractivity contribution in [3.8, 4) is 5.75 Å². The Morgan fingerprint density at radius 2 is 1.83 bits per heavy atom. The lowest BCUT2D eigenvalue weighted by atomic mass is 10.1. The zero-order valence-corrected chi connectivity index (χ0v) is 17.5. The molecule has 3 N–H and O–H groups in total. The van der Waals surface area contributed by atoms with Crippen LogP contribution in [0.15, 0.2) is 48.5 Å². The predicted molar refractivity (Wildman–Crippen MR) is 113 cm³/mol. The summed E-state index contributed by atoms with van der Waals surface area (Å²) in [6.45, 7) is 4.58. The van der Waals surface area contributed by atoms with Gasteiger partial charge in [-0.25, -0.2) is 13.8 Å². The van der Waals surface area contributed by atoms with Gasteiger partial charge >= 0.3 is 0 Å². The summed E-state index contributed by atoms with van der Waals surface area (Å²) in [5, 5.41) is 1.70. The summed E-state index contributed by atoms with van der Waals surface area (Å²) in [4.78, 5) is 12.8. The van der Waals surface area contributed by atoms with Gasteiger partial charge in [0.2, 0.25) is 5.91 Å². The fourth-order valence-corrected chi connectivity index (χ4v) is 4.72. The fraction of sp³-hybridized carbons (Fsp3) is 0.350. The molecule has 156 valence electrons. The lowest BCUT2D eigenvalue weighted by molar-refractivity contribution is -0.119. The standard InChI is InChI=1S/C20H26N4O4S/c1-4-28-17-11-7-15(8-12-17)22-19(25)18-13-21-23-20(18)29(26,27)24(3)16-9-5-14(2)6-10-16/h5-12,18,20-21,23H,4,13H2,1-3H3,(H,22,25). The van der Waals surface area contributed by atoms with Crippen molar-refractivity contribution in [2.45, 2.75) is 19.2 Å². The van der Waals surface area contributed by atoms with Gasteiger partial charge in [-0.2, -0.15) is 0 Å². The third-order valence-corrected chi connectivity index (χ3v) is 6.86. The molecule has 2 unspecified atom stereocenters. The second-order valence-corrected chi connectivity index (χ2v) is 8.93. The van der Waals surface area contributed by atoms with Crippen LogP contribution in [0.3, 0.4) is 0 Å². The highest BCUT2D eigenvalue weighted by atomic mass is 32.2. The Morgan fingerprint density at radius 3 is 2.45 bits per heavy atom. The predicted octanol–water partition coefficient (Wildman–Crippen LogP) is 1.85. The van der Waals surface area contributed by atoms with Crippen molar-refractivity contribution in [1.29, 1.82) is 0 Å². The Morgan fingerprint density at radius 1 is 1.17 bits per heavy atom. The zero-order valence-electron chi connectivity index (χ0n) is 16.7. The van der Waals surface area contributed by atoms with E-state index in [1.54, 1.807) is 36.4 Å². The molecule has 1 heterocycles. The number of anilines is 2. The molecular formula is C20H26N4O4S. The van der Waals surface area contributed by atoms with Crippen molar-refractivity contribution >= 4 is 27.3 Å². The molecule has 3 rings (SSSR count). The average Bonchev–Trinajstić information content (AvgIpc) is 3.21. The number of hydrogen-bond donors (Lipinski definition) is 3. The third-order valence-electron chi connectivity index (χ3n) is 4.80. The van der Waals surface area contributed by atoms with Crippen LogP contribution >= 0.6 is 0 Å². The monoisotopic (exact) mass is 418 g/mol. The summed E-state index contributed by atoms with van der Waals surface area (Å²) in [6, 6.07) is 14.1. The molecule has 0 radical (unpaired) electrons. The highest BCUT2D eigenvalue weighted by Crippen LogP contribution is 2.25. The van der Waals surface area contributed by atoms with E-state index in [0.29, 0.717) is 23.7 Å². The Balaban J connectivity index is 1.74. The number of carbonyl (C=O) groups excluding carboxylic acids is 1. The van der Waals surface area contributed by atoms with Crippen molar-refractivity contribution in [2.75, 3.05) is 29.8 Å². The number of benzene rings is 2. The van der Waals surface area contributed by atoms with Gasteiger partial charge in [0.25, 0.3) is 10.0 Å². The quantitative estimate of drug-likeness (QED) is 0.635. The minimum atomic E-state index is -3.83. The molecule has 1 fully saturated rings. The molecule has 2 atom stereocenters. The maximum atomic E-state index is 13.1. The van der Waals surface area contributed by atoms with Gasteiger partial charge in [-0.15, -0.1) is 0 Å². The van der Waals surface area contributed by atoms with Crippen molar-refractivity contribution in [1.82, 2.24) is 10.9 Å². The summed E-state index contributed by atoms with van der Waals surface area (Å²) in [6.07, 6.45) is 0. The number of hydrogen-bond acceptors (Lipinski definition) is 6. The van der Waals surface area contributed by atoms with E-state index in [1.165, 1.54) is 11.4 Å². The number of aryl methyl sites for hydroxylation is 1. The molecule has 0 spiro atoms. The van der Waals surface area contributed by atoms with E-state index < -0.39 is 21.3 Å². The average molecular weight is 419 g/mol. The van der Waals surface area contributed by atoms with Crippen molar-refractivity contribution in [3.63, 3.8) is 0 Å². The lowest BCUT2D eigenvalue weighted by Gasteiger charge is -2.26. The van der Waals surface area contributed by atoms with E-state index in [4.69, 9.17) is 4.74 Å². The van der Waals surface area contributed by atoms with Gasteiger partial charge < -0.3 is 10.1 Å². The first-order valence-electron chi connectivity index (χ1n) is 9.39. The zero-order chi connectivity index (χ0) is 21.0. The van der Waals surface area contributed by atoms with Gasteiger partial charge in [0.15, 0.2) is 5.37 Å². The Labute approximate surface area is 171 Å². The first kappa shape index (κ1) is 21.1. The van der Waals surface area contributed by atoms with Crippen molar-refractivity contribution in [3.05, 3.63) is 54.1 Å². The molecular weight excluding hydrogens is 392 g/mol. The van der Waals surface area contributed by atoms with Gasteiger partial charge in [-0.05, 0) is 50.2 Å². The number of carbonyl (C=O) groups is 1. The number of nitrogens with zero attached hydrogens (tertiary/aromatic N) is 1. The van der Waals surface area contributed by atoms with E-state index in [-0.39, 0.29) is 12.5 Å². The number of hydrazine groups is 1. The largest absolute Gasteiger partial charge is 0.494 e. The molecule has 0 aromatic heterocycles. The second-order valence-electron chi connectivity index (χ2n) is 6.85. The van der Waals surface area contributed by atoms with Crippen molar-refractivity contribution < 1.29 is 17.9 Å². The molecule has 0 bridgehead atoms. The number of sulfonamides is 1. The van der Waals surface area contributed by atoms with Crippen LogP contribution < -0.4 is 25.2 Å². The van der Waals surface area contributed by atoms with E-state index in [9.17, 15) is 13.2 Å². The first-order valence-corrected chi connectivity index (χ1v) is 10.9. The van der Waals surface area contributed by atoms with Gasteiger partial charge in [0, 0.05) is 19.3 Å². The molecule has 8 nitrogen and oxygen atoms in total. The third kappa shape index (κ3) is 4.69. The highest BCUT2D eigenvalue weighted by Gasteiger charge is 2.43. The number of ether oxygens (including phenoxy) is 1. The number of nitrogens with one attached hydrogen (secondary N) is 3. The van der Waals surface area contributed by atoms with Gasteiger partial charge in [0.05, 0.1) is 18.2 Å². The molecule has 2 aromatic rings. The molecule has 2 aromatic carbocycles. The molecule has 1 saturated heterocycles. The van der Waals surface area contributed by atoms with Crippen LogP contribution in [-0.2, 0) is 14.8 Å². The summed E-state index contributed by atoms with van der Waals surface area (Å²) < 4.78 is 32.8. The van der Waals surface area contributed by atoms with E-state index in [0.717, 1.165) is 5.56 Å². The van der Waals surface area contributed by atoms with E-state index in [1.807, 2.05) is 26.0 Å². The van der Waals surface area contributed by atoms with Crippen LogP contribution in [0.5, 0.6) is 5.75 Å². The molecule has 1 aliphatic heterocycles. The van der Waals surface area contributed by atoms with E-state index >= 15 is 0 Å². The summed E-state index contributed by atoms with van der Waals surface area (Å²) in [7, 11) is -2.34. The van der Waals surface area contributed by atoms with Crippen LogP contribution in [0.4, 0.5) is 11.4 Å². The van der Waals surface area contributed by atoms with Crippen LogP contribution in [0.25, 0.3) is 0 Å². The van der Waals surface area contributed by atoms with Crippen LogP contribution in [-0.4, -0.2) is 39.9 Å². The maximum absolute atomic E-state index is 13.1. The smallest absolute Gasteiger partial charge is 0.253 e. The molecule has 9 heteroatoms. The maximum Gasteiger partial charge on any atom is 0.253 e. The van der Waals surface area contributed by atoms with Crippen LogP contribution in [0, 0.1) is 12.8 Å². The molecule has 29 heavy (non-hydrogen) atoms. The Kier molecular flexibility index (Phi) is 6.41. The van der Waals surface area contributed by atoms with Crippen LogP contribution in [0.2, 0.25) is 0 Å². The molecule has 1 aliphatic rings. The van der Waals surface area contributed by atoms with Gasteiger partial charge in [-0.1, -0.05) is 17.7 Å². The normalized spacial score (nSPS) is 19.0. The summed E-state index contributed by atoms with van der Waals surface area (Å²) in [5.74, 6) is -0.466. The molecule has 0 saturated carbocycles. The van der Waals surface area contributed by atoms with E-state index in [2.05, 4.69) is 16.2 Å². The first-order chi connectivity index (χ1) is 13.8.